The first kappa shape index (κ1) is 14.0. The van der Waals surface area contributed by atoms with Crippen LogP contribution in [0, 0.1) is 0 Å². The average molecular weight is 300 g/mol. The molecule has 1 heterocycles. The standard InChI is InChI=1S/C13H14ClNO3S/c1-3-15(4-2)7-5-8(16)10-9(6-7)19-12(11(10)14)13(17)18/h5-6,16H,3-4H2,1-2H3,(H,17,18). The SMILES string of the molecule is CCN(CC)c1cc(O)c2c(Cl)c(C(=O)O)sc2c1. The summed E-state index contributed by atoms with van der Waals surface area (Å²) in [7, 11) is 0. The number of fused-ring (bicyclic) bond motifs is 1. The number of aromatic carboxylic acids is 1. The van der Waals surface area contributed by atoms with Crippen LogP contribution in [0.4, 0.5) is 5.69 Å². The number of carbonyl (C=O) groups is 1. The van der Waals surface area contributed by atoms with Gasteiger partial charge in [-0.1, -0.05) is 11.6 Å². The summed E-state index contributed by atoms with van der Waals surface area (Å²) in [6.45, 7) is 5.67. The number of halogens is 1. The highest BCUT2D eigenvalue weighted by Crippen LogP contribution is 2.42. The highest BCUT2D eigenvalue weighted by molar-refractivity contribution is 7.21. The molecule has 102 valence electrons. The molecule has 2 rings (SSSR count). The van der Waals surface area contributed by atoms with Crippen LogP contribution in [0.25, 0.3) is 10.1 Å². The van der Waals surface area contributed by atoms with E-state index in [4.69, 9.17) is 16.7 Å². The molecule has 0 radical (unpaired) electrons. The minimum atomic E-state index is -1.07. The molecule has 0 fully saturated rings. The van der Waals surface area contributed by atoms with Gasteiger partial charge in [0.15, 0.2) is 0 Å². The van der Waals surface area contributed by atoms with Gasteiger partial charge in [0.1, 0.15) is 10.6 Å². The summed E-state index contributed by atoms with van der Waals surface area (Å²) in [5, 5.41) is 19.7. The minimum absolute atomic E-state index is 0.0214. The maximum Gasteiger partial charge on any atom is 0.347 e. The Morgan fingerprint density at radius 3 is 2.53 bits per heavy atom. The Kier molecular flexibility index (Phi) is 3.87. The number of hydrogen-bond donors (Lipinski definition) is 2. The van der Waals surface area contributed by atoms with Gasteiger partial charge in [0.05, 0.1) is 10.4 Å². The molecule has 1 aromatic heterocycles. The van der Waals surface area contributed by atoms with Crippen molar-refractivity contribution < 1.29 is 15.0 Å². The van der Waals surface area contributed by atoms with E-state index in [1.807, 2.05) is 19.9 Å². The van der Waals surface area contributed by atoms with Crippen molar-refractivity contribution >= 4 is 44.7 Å². The molecule has 2 N–H and O–H groups in total. The van der Waals surface area contributed by atoms with E-state index in [2.05, 4.69) is 4.90 Å². The Balaban J connectivity index is 2.67. The van der Waals surface area contributed by atoms with E-state index in [0.717, 1.165) is 30.1 Å². The third-order valence-electron chi connectivity index (χ3n) is 3.02. The normalized spacial score (nSPS) is 10.9. The second-order valence-electron chi connectivity index (χ2n) is 4.06. The first-order valence-electron chi connectivity index (χ1n) is 5.92. The van der Waals surface area contributed by atoms with Crippen LogP contribution >= 0.6 is 22.9 Å². The summed E-state index contributed by atoms with van der Waals surface area (Å²) in [5.74, 6) is -1.05. The Morgan fingerprint density at radius 1 is 1.37 bits per heavy atom. The highest BCUT2D eigenvalue weighted by atomic mass is 35.5. The van der Waals surface area contributed by atoms with Crippen LogP contribution in [0.15, 0.2) is 12.1 Å². The van der Waals surface area contributed by atoms with Crippen LogP contribution < -0.4 is 4.90 Å². The first-order valence-corrected chi connectivity index (χ1v) is 7.12. The molecule has 0 saturated heterocycles. The Hall–Kier alpha value is -1.46. The number of rotatable bonds is 4. The van der Waals surface area contributed by atoms with Gasteiger partial charge in [0.25, 0.3) is 0 Å². The van der Waals surface area contributed by atoms with Gasteiger partial charge >= 0.3 is 5.97 Å². The van der Waals surface area contributed by atoms with Crippen LogP contribution in [0.3, 0.4) is 0 Å². The minimum Gasteiger partial charge on any atom is -0.507 e. The molecular formula is C13H14ClNO3S. The molecule has 4 nitrogen and oxygen atoms in total. The molecule has 0 aliphatic rings. The monoisotopic (exact) mass is 299 g/mol. The molecular weight excluding hydrogens is 286 g/mol. The van der Waals surface area contributed by atoms with Gasteiger partial charge in [-0.3, -0.25) is 0 Å². The van der Waals surface area contributed by atoms with Crippen molar-refractivity contribution in [1.82, 2.24) is 0 Å². The number of phenols is 1. The topological polar surface area (TPSA) is 60.8 Å². The lowest BCUT2D eigenvalue weighted by molar-refractivity contribution is 0.0702. The molecule has 0 aliphatic heterocycles. The van der Waals surface area contributed by atoms with Gasteiger partial charge in [-0.15, -0.1) is 11.3 Å². The molecule has 0 spiro atoms. The lowest BCUT2D eigenvalue weighted by Gasteiger charge is -2.21. The summed E-state index contributed by atoms with van der Waals surface area (Å²) in [4.78, 5) is 13.2. The summed E-state index contributed by atoms with van der Waals surface area (Å²) in [5.41, 5.74) is 0.866. The van der Waals surface area contributed by atoms with Crippen LogP contribution in [0.5, 0.6) is 5.75 Å². The van der Waals surface area contributed by atoms with Gasteiger partial charge in [-0.25, -0.2) is 4.79 Å². The van der Waals surface area contributed by atoms with Crippen molar-refractivity contribution in [3.8, 4) is 5.75 Å². The van der Waals surface area contributed by atoms with Gasteiger partial charge in [-0.05, 0) is 19.9 Å². The van der Waals surface area contributed by atoms with Crippen molar-refractivity contribution in [3.63, 3.8) is 0 Å². The van der Waals surface area contributed by atoms with Crippen molar-refractivity contribution in [2.75, 3.05) is 18.0 Å². The largest absolute Gasteiger partial charge is 0.507 e. The molecule has 6 heteroatoms. The molecule has 0 saturated carbocycles. The summed E-state index contributed by atoms with van der Waals surface area (Å²) in [6.07, 6.45) is 0. The zero-order chi connectivity index (χ0) is 14.2. The van der Waals surface area contributed by atoms with E-state index >= 15 is 0 Å². The van der Waals surface area contributed by atoms with Crippen LogP contribution in [0.1, 0.15) is 23.5 Å². The summed E-state index contributed by atoms with van der Waals surface area (Å²) in [6, 6.07) is 3.49. The number of aromatic hydroxyl groups is 1. The number of benzene rings is 1. The number of anilines is 1. The Morgan fingerprint density at radius 2 is 2.00 bits per heavy atom. The fraction of sp³-hybridized carbons (Fsp3) is 0.308. The fourth-order valence-electron chi connectivity index (χ4n) is 2.06. The van der Waals surface area contributed by atoms with Gasteiger partial charge in [0, 0.05) is 29.5 Å². The predicted octanol–water partition coefficient (Wildman–Crippen LogP) is 3.80. The average Bonchev–Trinajstić information content (AvgIpc) is 2.69. The van der Waals surface area contributed by atoms with Crippen LogP contribution in [0.2, 0.25) is 5.02 Å². The third-order valence-corrected chi connectivity index (χ3v) is 4.63. The molecule has 19 heavy (non-hydrogen) atoms. The number of thiophene rings is 1. The maximum absolute atomic E-state index is 11.1. The van der Waals surface area contributed by atoms with E-state index in [9.17, 15) is 9.90 Å². The van der Waals surface area contributed by atoms with Crippen molar-refractivity contribution in [3.05, 3.63) is 22.0 Å². The predicted molar refractivity (Wildman–Crippen MR) is 79.0 cm³/mol. The Bertz CT molecular complexity index is 634. The lowest BCUT2D eigenvalue weighted by atomic mass is 10.2. The summed E-state index contributed by atoms with van der Waals surface area (Å²) < 4.78 is 0.685. The number of carboxylic acid groups (broad SMARTS) is 1. The number of phenolic OH excluding ortho intramolecular Hbond substituents is 1. The number of nitrogens with zero attached hydrogens (tertiary/aromatic N) is 1. The number of hydrogen-bond acceptors (Lipinski definition) is 4. The molecule has 2 aromatic rings. The zero-order valence-electron chi connectivity index (χ0n) is 10.6. The van der Waals surface area contributed by atoms with Gasteiger partial charge in [0.2, 0.25) is 0 Å². The molecule has 0 aliphatic carbocycles. The van der Waals surface area contributed by atoms with Crippen molar-refractivity contribution in [1.29, 1.82) is 0 Å². The van der Waals surface area contributed by atoms with Crippen LogP contribution in [-0.2, 0) is 0 Å². The Labute approximate surface area is 119 Å². The van der Waals surface area contributed by atoms with Crippen molar-refractivity contribution in [2.24, 2.45) is 0 Å². The van der Waals surface area contributed by atoms with E-state index in [1.165, 1.54) is 0 Å². The smallest absolute Gasteiger partial charge is 0.347 e. The molecule has 0 atom stereocenters. The second-order valence-corrected chi connectivity index (χ2v) is 5.49. The molecule has 0 bridgehead atoms. The fourth-order valence-corrected chi connectivity index (χ4v) is 3.50. The molecule has 1 aromatic carbocycles. The highest BCUT2D eigenvalue weighted by Gasteiger charge is 2.20. The lowest BCUT2D eigenvalue weighted by Crippen LogP contribution is -2.21. The van der Waals surface area contributed by atoms with Crippen LogP contribution in [-0.4, -0.2) is 29.3 Å². The third kappa shape index (κ3) is 2.35. The molecule has 0 unspecified atom stereocenters. The maximum atomic E-state index is 11.1. The van der Waals surface area contributed by atoms with Gasteiger partial charge in [-0.2, -0.15) is 0 Å². The number of carboxylic acids is 1. The van der Waals surface area contributed by atoms with E-state index < -0.39 is 5.97 Å². The van der Waals surface area contributed by atoms with E-state index in [0.29, 0.717) is 10.1 Å². The molecule has 0 amide bonds. The first-order chi connectivity index (χ1) is 8.99. The van der Waals surface area contributed by atoms with E-state index in [1.54, 1.807) is 6.07 Å². The summed E-state index contributed by atoms with van der Waals surface area (Å²) >= 11 is 7.09. The van der Waals surface area contributed by atoms with E-state index in [-0.39, 0.29) is 15.6 Å². The second kappa shape index (κ2) is 5.27. The van der Waals surface area contributed by atoms with Gasteiger partial charge < -0.3 is 15.1 Å². The zero-order valence-corrected chi connectivity index (χ0v) is 12.2. The van der Waals surface area contributed by atoms with Crippen molar-refractivity contribution in [2.45, 2.75) is 13.8 Å². The quantitative estimate of drug-likeness (QED) is 0.901.